The smallest absolute Gasteiger partial charge is 0.330 e. The van der Waals surface area contributed by atoms with Crippen LogP contribution in [-0.2, 0) is 4.74 Å². The number of alkyl halides is 4. The van der Waals surface area contributed by atoms with E-state index in [2.05, 4.69) is 5.32 Å². The van der Waals surface area contributed by atoms with E-state index in [4.69, 9.17) is 4.74 Å². The Labute approximate surface area is 92.3 Å². The van der Waals surface area contributed by atoms with Crippen LogP contribution in [0.2, 0.25) is 0 Å². The number of nitrogens with one attached hydrogen (secondary N) is 1. The molecule has 1 N–H and O–H groups in total. The molecular formula is C10H17F4NO. The Hall–Kier alpha value is -0.360. The van der Waals surface area contributed by atoms with Crippen LogP contribution in [0.25, 0.3) is 0 Å². The topological polar surface area (TPSA) is 21.3 Å². The zero-order valence-electron chi connectivity index (χ0n) is 9.19. The van der Waals surface area contributed by atoms with Gasteiger partial charge in [0.1, 0.15) is 6.61 Å². The third-order valence-electron chi connectivity index (χ3n) is 2.50. The third kappa shape index (κ3) is 4.65. The van der Waals surface area contributed by atoms with Gasteiger partial charge in [-0.3, -0.25) is 0 Å². The van der Waals surface area contributed by atoms with Crippen LogP contribution in [0.5, 0.6) is 0 Å². The Morgan fingerprint density at radius 1 is 1.38 bits per heavy atom. The van der Waals surface area contributed by atoms with Crippen molar-refractivity contribution in [3.63, 3.8) is 0 Å². The van der Waals surface area contributed by atoms with Crippen molar-refractivity contribution in [3.05, 3.63) is 0 Å². The maximum atomic E-state index is 12.6. The summed E-state index contributed by atoms with van der Waals surface area (Å²) in [7, 11) is 0. The van der Waals surface area contributed by atoms with Crippen LogP contribution >= 0.6 is 0 Å². The second-order valence-electron chi connectivity index (χ2n) is 4.09. The molecular weight excluding hydrogens is 226 g/mol. The minimum Gasteiger partial charge on any atom is -0.370 e. The van der Waals surface area contributed by atoms with Crippen molar-refractivity contribution in [2.75, 3.05) is 13.2 Å². The molecule has 0 saturated heterocycles. The molecule has 16 heavy (non-hydrogen) atoms. The number of rotatable bonds is 8. The summed E-state index contributed by atoms with van der Waals surface area (Å²) in [6, 6.07) is 0.452. The molecule has 96 valence electrons. The maximum absolute atomic E-state index is 12.6. The quantitative estimate of drug-likeness (QED) is 0.661. The highest BCUT2D eigenvalue weighted by atomic mass is 19.3. The molecule has 0 radical (unpaired) electrons. The van der Waals surface area contributed by atoms with Gasteiger partial charge in [0, 0.05) is 12.6 Å². The van der Waals surface area contributed by atoms with E-state index in [1.54, 1.807) is 6.92 Å². The van der Waals surface area contributed by atoms with E-state index in [0.717, 1.165) is 12.8 Å². The maximum Gasteiger partial charge on any atom is 0.330 e. The average molecular weight is 243 g/mol. The molecule has 1 fully saturated rings. The second kappa shape index (κ2) is 5.82. The van der Waals surface area contributed by atoms with Crippen molar-refractivity contribution in [1.29, 1.82) is 0 Å². The summed E-state index contributed by atoms with van der Waals surface area (Å²) in [6.45, 7) is 1.01. The Morgan fingerprint density at radius 2 is 2.00 bits per heavy atom. The van der Waals surface area contributed by atoms with Gasteiger partial charge in [0.05, 0.1) is 6.10 Å². The lowest BCUT2D eigenvalue weighted by Crippen LogP contribution is -2.37. The van der Waals surface area contributed by atoms with Gasteiger partial charge in [-0.1, -0.05) is 6.92 Å². The molecule has 1 aliphatic rings. The molecule has 2 nitrogen and oxygen atoms in total. The highest BCUT2D eigenvalue weighted by molar-refractivity contribution is 4.82. The van der Waals surface area contributed by atoms with Crippen molar-refractivity contribution in [1.82, 2.24) is 5.32 Å². The first-order chi connectivity index (χ1) is 7.45. The SMILES string of the molecule is CCC(CNC1CC1)OCC(F)(F)C(F)F. The lowest BCUT2D eigenvalue weighted by atomic mass is 10.2. The van der Waals surface area contributed by atoms with Gasteiger partial charge in [0.2, 0.25) is 0 Å². The fraction of sp³-hybridized carbons (Fsp3) is 1.00. The van der Waals surface area contributed by atoms with Crippen molar-refractivity contribution in [2.45, 2.75) is 50.7 Å². The summed E-state index contributed by atoms with van der Waals surface area (Å²) in [5, 5.41) is 3.12. The van der Waals surface area contributed by atoms with Crippen LogP contribution in [0.15, 0.2) is 0 Å². The highest BCUT2D eigenvalue weighted by Gasteiger charge is 2.41. The molecule has 1 rings (SSSR count). The summed E-state index contributed by atoms with van der Waals surface area (Å²) < 4.78 is 53.6. The summed E-state index contributed by atoms with van der Waals surface area (Å²) >= 11 is 0. The highest BCUT2D eigenvalue weighted by Crippen LogP contribution is 2.24. The Balaban J connectivity index is 2.21. The van der Waals surface area contributed by atoms with Gasteiger partial charge >= 0.3 is 12.3 Å². The van der Waals surface area contributed by atoms with Gasteiger partial charge in [-0.15, -0.1) is 0 Å². The largest absolute Gasteiger partial charge is 0.370 e. The first-order valence-electron chi connectivity index (χ1n) is 5.46. The number of hydrogen-bond donors (Lipinski definition) is 1. The van der Waals surface area contributed by atoms with Crippen LogP contribution in [-0.4, -0.2) is 37.6 Å². The average Bonchev–Trinajstić information content (AvgIpc) is 3.01. The standard InChI is InChI=1S/C10H17F4NO/c1-2-8(5-15-7-3-4-7)16-6-10(13,14)9(11)12/h7-9,15H,2-6H2,1H3. The Kier molecular flexibility index (Phi) is 4.98. The van der Waals surface area contributed by atoms with Gasteiger partial charge in [0.15, 0.2) is 0 Å². The van der Waals surface area contributed by atoms with Crippen LogP contribution in [0, 0.1) is 0 Å². The van der Waals surface area contributed by atoms with Crippen molar-refractivity contribution >= 4 is 0 Å². The van der Waals surface area contributed by atoms with E-state index in [9.17, 15) is 17.6 Å². The van der Waals surface area contributed by atoms with Crippen LogP contribution in [0.1, 0.15) is 26.2 Å². The lowest BCUT2D eigenvalue weighted by Gasteiger charge is -2.21. The Morgan fingerprint density at radius 3 is 2.44 bits per heavy atom. The second-order valence-corrected chi connectivity index (χ2v) is 4.09. The van der Waals surface area contributed by atoms with Crippen molar-refractivity contribution in [2.24, 2.45) is 0 Å². The molecule has 0 amide bonds. The number of hydrogen-bond acceptors (Lipinski definition) is 2. The molecule has 1 aliphatic carbocycles. The van der Waals surface area contributed by atoms with Crippen LogP contribution in [0.3, 0.4) is 0 Å². The molecule has 1 saturated carbocycles. The molecule has 0 aromatic carbocycles. The van der Waals surface area contributed by atoms with E-state index in [1.165, 1.54) is 0 Å². The summed E-state index contributed by atoms with van der Waals surface area (Å²) in [5.41, 5.74) is 0. The molecule has 0 heterocycles. The predicted molar refractivity (Wildman–Crippen MR) is 52.0 cm³/mol. The number of ether oxygens (including phenoxy) is 1. The zero-order valence-corrected chi connectivity index (χ0v) is 9.19. The molecule has 0 aliphatic heterocycles. The molecule has 1 unspecified atom stereocenters. The first-order valence-corrected chi connectivity index (χ1v) is 5.46. The summed E-state index contributed by atoms with van der Waals surface area (Å²) in [5.74, 6) is -4.05. The van der Waals surface area contributed by atoms with Crippen molar-refractivity contribution in [3.8, 4) is 0 Å². The zero-order chi connectivity index (χ0) is 12.2. The first kappa shape index (κ1) is 13.7. The minimum absolute atomic E-state index is 0.426. The van der Waals surface area contributed by atoms with E-state index in [0.29, 0.717) is 19.0 Å². The molecule has 0 aromatic rings. The third-order valence-corrected chi connectivity index (χ3v) is 2.50. The van der Waals surface area contributed by atoms with Crippen LogP contribution < -0.4 is 5.32 Å². The number of halogens is 4. The fourth-order valence-electron chi connectivity index (χ4n) is 1.20. The molecule has 0 spiro atoms. The van der Waals surface area contributed by atoms with Crippen LogP contribution in [0.4, 0.5) is 17.6 Å². The molecule has 0 bridgehead atoms. The Bertz CT molecular complexity index is 209. The monoisotopic (exact) mass is 243 g/mol. The van der Waals surface area contributed by atoms with Crippen molar-refractivity contribution < 1.29 is 22.3 Å². The van der Waals surface area contributed by atoms with E-state index in [-0.39, 0.29) is 0 Å². The van der Waals surface area contributed by atoms with Gasteiger partial charge in [-0.25, -0.2) is 8.78 Å². The normalized spacial score (nSPS) is 19.1. The minimum atomic E-state index is -4.05. The molecule has 6 heteroatoms. The van der Waals surface area contributed by atoms with Gasteiger partial charge in [0.25, 0.3) is 0 Å². The molecule has 0 aromatic heterocycles. The fourth-order valence-corrected chi connectivity index (χ4v) is 1.20. The predicted octanol–water partition coefficient (Wildman–Crippen LogP) is 2.43. The van der Waals surface area contributed by atoms with Gasteiger partial charge in [-0.2, -0.15) is 8.78 Å². The van der Waals surface area contributed by atoms with E-state index in [1.807, 2.05) is 0 Å². The summed E-state index contributed by atoms with van der Waals surface area (Å²) in [6.07, 6.45) is -1.39. The van der Waals surface area contributed by atoms with E-state index >= 15 is 0 Å². The van der Waals surface area contributed by atoms with Gasteiger partial charge in [-0.05, 0) is 19.3 Å². The summed E-state index contributed by atoms with van der Waals surface area (Å²) in [4.78, 5) is 0. The molecule has 1 atom stereocenters. The van der Waals surface area contributed by atoms with Gasteiger partial charge < -0.3 is 10.1 Å². The van der Waals surface area contributed by atoms with E-state index < -0.39 is 25.1 Å². The lowest BCUT2D eigenvalue weighted by molar-refractivity contribution is -0.175.